The van der Waals surface area contributed by atoms with Crippen molar-refractivity contribution in [3.63, 3.8) is 0 Å². The highest BCUT2D eigenvalue weighted by molar-refractivity contribution is 5.37. The van der Waals surface area contributed by atoms with Crippen LogP contribution in [0.1, 0.15) is 29.2 Å². The van der Waals surface area contributed by atoms with Crippen LogP contribution >= 0.6 is 0 Å². The normalized spacial score (nSPS) is 24.4. The standard InChI is InChI=1S/C18H18O2/c1-3-7-15-13(5-1)11-12-19-18(15)17-10-9-14-6-2-4-8-16(14)20-17/h1-8,17-18H,9-12H2. The van der Waals surface area contributed by atoms with Gasteiger partial charge in [0, 0.05) is 0 Å². The van der Waals surface area contributed by atoms with Crippen molar-refractivity contribution in [3.05, 3.63) is 65.2 Å². The van der Waals surface area contributed by atoms with E-state index in [1.807, 2.05) is 6.07 Å². The smallest absolute Gasteiger partial charge is 0.129 e. The zero-order valence-corrected chi connectivity index (χ0v) is 11.4. The molecule has 0 saturated heterocycles. The molecule has 2 aromatic carbocycles. The Balaban J connectivity index is 1.64. The Labute approximate surface area is 119 Å². The molecule has 0 aliphatic carbocycles. The Bertz CT molecular complexity index is 620. The lowest BCUT2D eigenvalue weighted by Gasteiger charge is -2.35. The Hall–Kier alpha value is -1.80. The first-order valence-electron chi connectivity index (χ1n) is 7.36. The van der Waals surface area contributed by atoms with Gasteiger partial charge in [0.2, 0.25) is 0 Å². The fourth-order valence-corrected chi connectivity index (χ4v) is 3.29. The number of rotatable bonds is 1. The largest absolute Gasteiger partial charge is 0.487 e. The second kappa shape index (κ2) is 4.95. The van der Waals surface area contributed by atoms with Crippen molar-refractivity contribution < 1.29 is 9.47 Å². The minimum atomic E-state index is 0.0771. The fraction of sp³-hybridized carbons (Fsp3) is 0.333. The van der Waals surface area contributed by atoms with E-state index >= 15 is 0 Å². The minimum Gasteiger partial charge on any atom is -0.487 e. The molecule has 0 radical (unpaired) electrons. The van der Waals surface area contributed by atoms with E-state index in [1.54, 1.807) is 0 Å². The van der Waals surface area contributed by atoms with Crippen LogP contribution in [-0.2, 0) is 17.6 Å². The molecular formula is C18H18O2. The van der Waals surface area contributed by atoms with E-state index < -0.39 is 0 Å². The quantitative estimate of drug-likeness (QED) is 0.783. The molecule has 2 heteroatoms. The second-order valence-corrected chi connectivity index (χ2v) is 5.54. The van der Waals surface area contributed by atoms with E-state index in [2.05, 4.69) is 42.5 Å². The van der Waals surface area contributed by atoms with E-state index in [-0.39, 0.29) is 12.2 Å². The average molecular weight is 266 g/mol. The lowest BCUT2D eigenvalue weighted by molar-refractivity contribution is -0.0425. The van der Waals surface area contributed by atoms with Crippen LogP contribution in [0, 0.1) is 0 Å². The zero-order chi connectivity index (χ0) is 13.4. The summed E-state index contributed by atoms with van der Waals surface area (Å²) in [6, 6.07) is 16.9. The number of benzene rings is 2. The summed E-state index contributed by atoms with van der Waals surface area (Å²) in [7, 11) is 0. The molecule has 2 nitrogen and oxygen atoms in total. The second-order valence-electron chi connectivity index (χ2n) is 5.54. The third kappa shape index (κ3) is 2.01. The molecule has 0 spiro atoms. The van der Waals surface area contributed by atoms with Crippen molar-refractivity contribution in [1.29, 1.82) is 0 Å². The van der Waals surface area contributed by atoms with Crippen LogP contribution in [-0.4, -0.2) is 12.7 Å². The molecule has 2 heterocycles. The van der Waals surface area contributed by atoms with Crippen molar-refractivity contribution in [3.8, 4) is 5.75 Å². The van der Waals surface area contributed by atoms with Crippen LogP contribution in [0.25, 0.3) is 0 Å². The van der Waals surface area contributed by atoms with Gasteiger partial charge in [-0.15, -0.1) is 0 Å². The molecule has 2 atom stereocenters. The Morgan fingerprint density at radius 1 is 0.850 bits per heavy atom. The third-order valence-corrected chi connectivity index (χ3v) is 4.32. The maximum absolute atomic E-state index is 6.20. The third-order valence-electron chi connectivity index (χ3n) is 4.32. The summed E-state index contributed by atoms with van der Waals surface area (Å²) >= 11 is 0. The van der Waals surface area contributed by atoms with Crippen LogP contribution in [0.4, 0.5) is 0 Å². The molecule has 0 saturated carbocycles. The molecule has 2 unspecified atom stereocenters. The van der Waals surface area contributed by atoms with Gasteiger partial charge in [0.1, 0.15) is 18.0 Å². The van der Waals surface area contributed by atoms with Crippen molar-refractivity contribution in [2.45, 2.75) is 31.5 Å². The van der Waals surface area contributed by atoms with Crippen LogP contribution in [0.2, 0.25) is 0 Å². The Kier molecular flexibility index (Phi) is 2.96. The minimum absolute atomic E-state index is 0.0771. The Morgan fingerprint density at radius 3 is 2.60 bits per heavy atom. The lowest BCUT2D eigenvalue weighted by Crippen LogP contribution is -2.34. The first-order valence-corrected chi connectivity index (χ1v) is 7.36. The van der Waals surface area contributed by atoms with Gasteiger partial charge in [-0.25, -0.2) is 0 Å². The molecule has 20 heavy (non-hydrogen) atoms. The van der Waals surface area contributed by atoms with Crippen LogP contribution in [0.3, 0.4) is 0 Å². The Morgan fingerprint density at radius 2 is 1.65 bits per heavy atom. The molecule has 0 bridgehead atoms. The fourth-order valence-electron chi connectivity index (χ4n) is 3.29. The van der Waals surface area contributed by atoms with Gasteiger partial charge in [0.05, 0.1) is 6.61 Å². The summed E-state index contributed by atoms with van der Waals surface area (Å²) < 4.78 is 12.2. The van der Waals surface area contributed by atoms with Gasteiger partial charge in [-0.05, 0) is 42.0 Å². The molecule has 0 aromatic heterocycles. The average Bonchev–Trinajstić information content (AvgIpc) is 2.54. The predicted octanol–water partition coefficient (Wildman–Crippen LogP) is 3.69. The first kappa shape index (κ1) is 12.0. The lowest BCUT2D eigenvalue weighted by atomic mass is 9.90. The molecule has 2 aliphatic rings. The number of hydrogen-bond acceptors (Lipinski definition) is 2. The number of ether oxygens (including phenoxy) is 2. The van der Waals surface area contributed by atoms with E-state index in [4.69, 9.17) is 9.47 Å². The van der Waals surface area contributed by atoms with E-state index in [9.17, 15) is 0 Å². The maximum Gasteiger partial charge on any atom is 0.129 e. The van der Waals surface area contributed by atoms with Crippen molar-refractivity contribution in [1.82, 2.24) is 0 Å². The summed E-state index contributed by atoms with van der Waals surface area (Å²) in [4.78, 5) is 0. The topological polar surface area (TPSA) is 18.5 Å². The SMILES string of the molecule is c1ccc2c(c1)CCC(C1OCCc3ccccc31)O2. The first-order chi connectivity index (χ1) is 9.92. The summed E-state index contributed by atoms with van der Waals surface area (Å²) in [5.74, 6) is 1.02. The number of fused-ring (bicyclic) bond motifs is 2. The summed E-state index contributed by atoms with van der Waals surface area (Å²) in [6.45, 7) is 0.795. The van der Waals surface area contributed by atoms with Gasteiger partial charge in [-0.1, -0.05) is 42.5 Å². The van der Waals surface area contributed by atoms with Crippen LogP contribution < -0.4 is 4.74 Å². The molecule has 0 amide bonds. The monoisotopic (exact) mass is 266 g/mol. The van der Waals surface area contributed by atoms with E-state index in [1.165, 1.54) is 16.7 Å². The molecule has 2 aliphatic heterocycles. The van der Waals surface area contributed by atoms with Crippen LogP contribution in [0.15, 0.2) is 48.5 Å². The predicted molar refractivity (Wildman–Crippen MR) is 78.0 cm³/mol. The van der Waals surface area contributed by atoms with Gasteiger partial charge >= 0.3 is 0 Å². The maximum atomic E-state index is 6.20. The summed E-state index contributed by atoms with van der Waals surface area (Å²) in [5.41, 5.74) is 4.03. The molecule has 4 rings (SSSR count). The highest BCUT2D eigenvalue weighted by Gasteiger charge is 2.32. The molecule has 2 aromatic rings. The number of aryl methyl sites for hydroxylation is 1. The van der Waals surface area contributed by atoms with Crippen molar-refractivity contribution in [2.75, 3.05) is 6.61 Å². The van der Waals surface area contributed by atoms with Gasteiger partial charge < -0.3 is 9.47 Å². The zero-order valence-electron chi connectivity index (χ0n) is 11.4. The van der Waals surface area contributed by atoms with Gasteiger partial charge in [0.15, 0.2) is 0 Å². The van der Waals surface area contributed by atoms with Gasteiger partial charge in [-0.2, -0.15) is 0 Å². The van der Waals surface area contributed by atoms with E-state index in [0.717, 1.165) is 31.6 Å². The van der Waals surface area contributed by atoms with Crippen LogP contribution in [0.5, 0.6) is 5.75 Å². The molecule has 0 N–H and O–H groups in total. The van der Waals surface area contributed by atoms with Gasteiger partial charge in [-0.3, -0.25) is 0 Å². The number of para-hydroxylation sites is 1. The summed E-state index contributed by atoms with van der Waals surface area (Å²) in [5, 5.41) is 0. The van der Waals surface area contributed by atoms with E-state index in [0.29, 0.717) is 0 Å². The highest BCUT2D eigenvalue weighted by atomic mass is 16.5. The molecule has 0 fully saturated rings. The van der Waals surface area contributed by atoms with Crippen molar-refractivity contribution >= 4 is 0 Å². The van der Waals surface area contributed by atoms with Gasteiger partial charge in [0.25, 0.3) is 0 Å². The van der Waals surface area contributed by atoms with Crippen molar-refractivity contribution in [2.24, 2.45) is 0 Å². The highest BCUT2D eigenvalue weighted by Crippen LogP contribution is 2.37. The number of hydrogen-bond donors (Lipinski definition) is 0. The summed E-state index contributed by atoms with van der Waals surface area (Å²) in [6.07, 6.45) is 3.31. The molecule has 102 valence electrons. The molecular weight excluding hydrogens is 248 g/mol.